The summed E-state index contributed by atoms with van der Waals surface area (Å²) in [6, 6.07) is 17.4. The minimum Gasteiger partial charge on any atom is -0.326 e. The zero-order valence-electron chi connectivity index (χ0n) is 8.88. The van der Waals surface area contributed by atoms with Crippen LogP contribution in [-0.2, 0) is 6.54 Å². The van der Waals surface area contributed by atoms with Crippen molar-refractivity contribution < 1.29 is 0 Å². The zero-order valence-corrected chi connectivity index (χ0v) is 8.88. The summed E-state index contributed by atoms with van der Waals surface area (Å²) in [7, 11) is 0. The van der Waals surface area contributed by atoms with E-state index in [9.17, 15) is 0 Å². The minimum atomic E-state index is 0.476. The molecular weight excluding hydrogens is 198 g/mol. The second-order valence-electron chi connectivity index (χ2n) is 3.37. The Morgan fingerprint density at radius 1 is 0.812 bits per heavy atom. The molecule has 0 aliphatic carbocycles. The Kier molecular flexibility index (Phi) is 3.41. The van der Waals surface area contributed by atoms with Crippen LogP contribution in [0, 0.1) is 0 Å². The maximum Gasteiger partial charge on any atom is 0.0901 e. The Balaban J connectivity index is 2.24. The van der Waals surface area contributed by atoms with Gasteiger partial charge in [-0.25, -0.2) is 0 Å². The van der Waals surface area contributed by atoms with Gasteiger partial charge in [-0.05, 0) is 23.8 Å². The van der Waals surface area contributed by atoms with E-state index >= 15 is 0 Å². The van der Waals surface area contributed by atoms with Crippen molar-refractivity contribution in [1.82, 2.24) is 0 Å². The van der Waals surface area contributed by atoms with Gasteiger partial charge in [0.05, 0.1) is 11.4 Å². The molecule has 16 heavy (non-hydrogen) atoms. The second-order valence-corrected chi connectivity index (χ2v) is 3.37. The first-order valence-corrected chi connectivity index (χ1v) is 5.15. The Labute approximate surface area is 94.6 Å². The summed E-state index contributed by atoms with van der Waals surface area (Å²) in [4.78, 5) is 0. The average molecular weight is 211 g/mol. The normalized spacial score (nSPS) is 10.8. The molecule has 0 amide bonds. The molecule has 0 unspecified atom stereocenters. The van der Waals surface area contributed by atoms with Gasteiger partial charge in [0, 0.05) is 6.54 Å². The number of azo groups is 1. The van der Waals surface area contributed by atoms with Gasteiger partial charge in [0.2, 0.25) is 0 Å². The molecule has 0 radical (unpaired) electrons. The van der Waals surface area contributed by atoms with E-state index in [0.717, 1.165) is 16.9 Å². The van der Waals surface area contributed by atoms with Crippen LogP contribution in [0.4, 0.5) is 11.4 Å². The molecule has 80 valence electrons. The molecule has 0 fully saturated rings. The van der Waals surface area contributed by atoms with Crippen molar-refractivity contribution in [2.45, 2.75) is 6.54 Å². The summed E-state index contributed by atoms with van der Waals surface area (Å²) in [5.74, 6) is 0. The molecule has 2 N–H and O–H groups in total. The molecule has 2 rings (SSSR count). The number of benzene rings is 2. The number of hydrogen-bond acceptors (Lipinski definition) is 3. The van der Waals surface area contributed by atoms with Gasteiger partial charge in [0.15, 0.2) is 0 Å². The van der Waals surface area contributed by atoms with E-state index in [1.54, 1.807) is 0 Å². The predicted octanol–water partition coefficient (Wildman–Crippen LogP) is 3.56. The first kappa shape index (κ1) is 10.5. The van der Waals surface area contributed by atoms with E-state index in [4.69, 9.17) is 5.73 Å². The molecule has 2 aromatic carbocycles. The van der Waals surface area contributed by atoms with Crippen molar-refractivity contribution in [3.63, 3.8) is 0 Å². The molecule has 0 atom stereocenters. The topological polar surface area (TPSA) is 50.7 Å². The Morgan fingerprint density at radius 2 is 1.50 bits per heavy atom. The van der Waals surface area contributed by atoms with Crippen LogP contribution in [0.15, 0.2) is 64.8 Å². The summed E-state index contributed by atoms with van der Waals surface area (Å²) in [5.41, 5.74) is 8.29. The van der Waals surface area contributed by atoms with E-state index in [-0.39, 0.29) is 0 Å². The summed E-state index contributed by atoms with van der Waals surface area (Å²) >= 11 is 0. The zero-order chi connectivity index (χ0) is 11.2. The Hall–Kier alpha value is -2.00. The van der Waals surface area contributed by atoms with Crippen LogP contribution in [0.1, 0.15) is 5.56 Å². The summed E-state index contributed by atoms with van der Waals surface area (Å²) in [6.07, 6.45) is 0. The number of nitrogens with two attached hydrogens (primary N) is 1. The van der Waals surface area contributed by atoms with Gasteiger partial charge in [-0.1, -0.05) is 36.4 Å². The first-order valence-electron chi connectivity index (χ1n) is 5.15. The third-order valence-corrected chi connectivity index (χ3v) is 2.24. The van der Waals surface area contributed by atoms with Gasteiger partial charge >= 0.3 is 0 Å². The molecule has 3 heteroatoms. The van der Waals surface area contributed by atoms with Crippen molar-refractivity contribution in [2.24, 2.45) is 16.0 Å². The van der Waals surface area contributed by atoms with Crippen LogP contribution in [0.3, 0.4) is 0 Å². The molecule has 2 aromatic rings. The molecule has 0 saturated carbocycles. The predicted molar refractivity (Wildman–Crippen MR) is 65.0 cm³/mol. The smallest absolute Gasteiger partial charge is 0.0901 e. The standard InChI is InChI=1S/C13H13N3/c14-10-11-6-4-5-9-13(11)16-15-12-7-2-1-3-8-12/h1-9H,10,14H2. The molecule has 0 aromatic heterocycles. The lowest BCUT2D eigenvalue weighted by atomic mass is 10.2. The van der Waals surface area contributed by atoms with Crippen LogP contribution in [0.2, 0.25) is 0 Å². The SMILES string of the molecule is NCc1ccccc1N=Nc1ccccc1. The number of hydrogen-bond donors (Lipinski definition) is 1. The lowest BCUT2D eigenvalue weighted by Gasteiger charge is -1.99. The summed E-state index contributed by atoms with van der Waals surface area (Å²) < 4.78 is 0. The van der Waals surface area contributed by atoms with Crippen molar-refractivity contribution in [3.05, 3.63) is 60.2 Å². The monoisotopic (exact) mass is 211 g/mol. The Morgan fingerprint density at radius 3 is 2.25 bits per heavy atom. The maximum atomic E-state index is 5.62. The fourth-order valence-electron chi connectivity index (χ4n) is 1.39. The molecule has 3 nitrogen and oxygen atoms in total. The third-order valence-electron chi connectivity index (χ3n) is 2.24. The highest BCUT2D eigenvalue weighted by Gasteiger charge is 1.97. The minimum absolute atomic E-state index is 0.476. The largest absolute Gasteiger partial charge is 0.326 e. The van der Waals surface area contributed by atoms with Gasteiger partial charge in [0.25, 0.3) is 0 Å². The van der Waals surface area contributed by atoms with Gasteiger partial charge in [-0.3, -0.25) is 0 Å². The fraction of sp³-hybridized carbons (Fsp3) is 0.0769. The molecule has 0 aliphatic rings. The average Bonchev–Trinajstić information content (AvgIpc) is 2.38. The molecular formula is C13H13N3. The Bertz CT molecular complexity index is 478. The summed E-state index contributed by atoms with van der Waals surface area (Å²) in [6.45, 7) is 0.476. The van der Waals surface area contributed by atoms with Crippen molar-refractivity contribution >= 4 is 11.4 Å². The quantitative estimate of drug-likeness (QED) is 0.775. The fourth-order valence-corrected chi connectivity index (χ4v) is 1.39. The lowest BCUT2D eigenvalue weighted by molar-refractivity contribution is 1.05. The summed E-state index contributed by atoms with van der Waals surface area (Å²) in [5, 5.41) is 8.35. The number of rotatable bonds is 3. The number of nitrogens with zero attached hydrogens (tertiary/aromatic N) is 2. The van der Waals surface area contributed by atoms with E-state index in [2.05, 4.69) is 10.2 Å². The van der Waals surface area contributed by atoms with Crippen molar-refractivity contribution in [3.8, 4) is 0 Å². The van der Waals surface area contributed by atoms with E-state index in [1.165, 1.54) is 0 Å². The molecule has 0 spiro atoms. The van der Waals surface area contributed by atoms with Gasteiger partial charge in [-0.15, -0.1) is 0 Å². The van der Waals surface area contributed by atoms with Gasteiger partial charge in [0.1, 0.15) is 0 Å². The van der Waals surface area contributed by atoms with Crippen LogP contribution in [0.25, 0.3) is 0 Å². The molecule has 0 heterocycles. The molecule has 0 bridgehead atoms. The highest BCUT2D eigenvalue weighted by Crippen LogP contribution is 2.21. The van der Waals surface area contributed by atoms with Gasteiger partial charge < -0.3 is 5.73 Å². The van der Waals surface area contributed by atoms with Crippen LogP contribution < -0.4 is 5.73 Å². The van der Waals surface area contributed by atoms with Gasteiger partial charge in [-0.2, -0.15) is 10.2 Å². The van der Waals surface area contributed by atoms with Crippen LogP contribution in [0.5, 0.6) is 0 Å². The molecule has 0 aliphatic heterocycles. The van der Waals surface area contributed by atoms with Crippen molar-refractivity contribution in [2.75, 3.05) is 0 Å². The second kappa shape index (κ2) is 5.19. The highest BCUT2D eigenvalue weighted by molar-refractivity contribution is 5.46. The van der Waals surface area contributed by atoms with Crippen molar-refractivity contribution in [1.29, 1.82) is 0 Å². The third kappa shape index (κ3) is 2.52. The van der Waals surface area contributed by atoms with E-state index < -0.39 is 0 Å². The first-order chi connectivity index (χ1) is 7.90. The van der Waals surface area contributed by atoms with Crippen LogP contribution in [-0.4, -0.2) is 0 Å². The molecule has 0 saturated heterocycles. The van der Waals surface area contributed by atoms with E-state index in [0.29, 0.717) is 6.54 Å². The maximum absolute atomic E-state index is 5.62. The van der Waals surface area contributed by atoms with Crippen LogP contribution >= 0.6 is 0 Å². The van der Waals surface area contributed by atoms with E-state index in [1.807, 2.05) is 54.6 Å². The highest BCUT2D eigenvalue weighted by atomic mass is 15.1. The lowest BCUT2D eigenvalue weighted by Crippen LogP contribution is -1.95.